The van der Waals surface area contributed by atoms with Crippen molar-refractivity contribution < 1.29 is 32.5 Å². The van der Waals surface area contributed by atoms with E-state index in [0.717, 1.165) is 44.1 Å². The smallest absolute Gasteiger partial charge is 0.270 e. The molecule has 14 rings (SSSR count). The van der Waals surface area contributed by atoms with Crippen LogP contribution in [-0.4, -0.2) is 20.8 Å². The molecule has 0 saturated carbocycles. The van der Waals surface area contributed by atoms with Crippen molar-refractivity contribution in [3.8, 4) is 73.9 Å². The summed E-state index contributed by atoms with van der Waals surface area (Å²) in [5, 5.41) is 2.04. The van der Waals surface area contributed by atoms with Gasteiger partial charge < -0.3 is 14.2 Å². The first-order chi connectivity index (χ1) is 39.5. The summed E-state index contributed by atoms with van der Waals surface area (Å²) >= 11 is 0. The normalized spacial score (nSPS) is 14.5. The van der Waals surface area contributed by atoms with Gasteiger partial charge in [0.2, 0.25) is 0 Å². The SMILES string of the molecule is [2H]c1c([2H])c([2H])c(-c2cccc(-c3c([2H])c([2H])c([2H])c([2H])c3[2H])c2-[n+]2[c-]n(-c3cc(Oc4ccc5c6ccccc6n(-c6cc(C(C)(C)C)ccn6)c5c4)c4c5c3Oc3ccccc3B5c3ccccc3O4)c3ccccc32)c([2H])c1[2H]. The number of benzene rings is 9. The average Bonchev–Trinajstić information content (AvgIpc) is 2.58. The van der Waals surface area contributed by atoms with E-state index in [1.165, 1.54) is 0 Å². The lowest BCUT2D eigenvalue weighted by molar-refractivity contribution is -0.571. The van der Waals surface area contributed by atoms with Crippen LogP contribution in [-0.2, 0) is 5.41 Å². The quantitative estimate of drug-likeness (QED) is 0.0908. The van der Waals surface area contributed by atoms with E-state index < -0.39 is 67.1 Å². The molecular weight excluding hydrogens is 884 g/mol. The number of hydrogen-bond acceptors (Lipinski definition) is 4. The molecule has 0 saturated heterocycles. The fraction of sp³-hybridized carbons (Fsp3) is 0.0625. The lowest BCUT2D eigenvalue weighted by atomic mass is 9.35. The van der Waals surface area contributed by atoms with Gasteiger partial charge >= 0.3 is 0 Å². The van der Waals surface area contributed by atoms with Crippen LogP contribution in [0, 0.1) is 6.33 Å². The second-order valence-electron chi connectivity index (χ2n) is 18.9. The Morgan fingerprint density at radius 3 is 1.94 bits per heavy atom. The van der Waals surface area contributed by atoms with Crippen LogP contribution in [0.15, 0.2) is 218 Å². The van der Waals surface area contributed by atoms with Crippen LogP contribution in [0.1, 0.15) is 40.0 Å². The maximum atomic E-state index is 9.24. The Labute approximate surface area is 431 Å². The number of ether oxygens (including phenoxy) is 3. The standard InChI is InChI=1S/C64H45BN4O3/c1-64(2,3)43-35-36-66-59(37-43)69-51-28-13-10-23-47(51)48-34-33-44(38-54(48)69)70-58-39-55(62-60-63(58)72-57-32-17-12-27-50(57)65(60)49-26-11-16-31-56(49)71-62)67-40-68(53-30-15-14-29-52(53)67)61-45(41-19-6-4-7-20-41)24-18-25-46(61)42-21-8-5-9-22-42/h4-39H,1-3H3/i4D,5D,6D,7D,8D,9D,19D,20D,21D,22D. The Balaban J connectivity index is 1.05. The lowest BCUT2D eigenvalue weighted by Gasteiger charge is -2.35. The molecule has 7 nitrogen and oxygen atoms in total. The molecule has 72 heavy (non-hydrogen) atoms. The Hall–Kier alpha value is -9.14. The molecular formula is C64H45BN4O3. The van der Waals surface area contributed by atoms with E-state index >= 15 is 0 Å². The Morgan fingerprint density at radius 2 is 1.24 bits per heavy atom. The van der Waals surface area contributed by atoms with Gasteiger partial charge in [0.1, 0.15) is 34.5 Å². The summed E-state index contributed by atoms with van der Waals surface area (Å²) in [7, 11) is 0. The molecule has 342 valence electrons. The predicted molar refractivity (Wildman–Crippen MR) is 290 cm³/mol. The number of fused-ring (bicyclic) bond motifs is 8. The summed E-state index contributed by atoms with van der Waals surface area (Å²) in [6, 6.07) is 42.7. The van der Waals surface area contributed by atoms with E-state index in [0.29, 0.717) is 56.7 Å². The van der Waals surface area contributed by atoms with Gasteiger partial charge in [0.05, 0.1) is 41.5 Å². The topological polar surface area (TPSA) is 54.3 Å². The molecule has 5 heterocycles. The van der Waals surface area contributed by atoms with Gasteiger partial charge in [-0.3, -0.25) is 13.7 Å². The van der Waals surface area contributed by atoms with Crippen LogP contribution in [0.3, 0.4) is 0 Å². The number of rotatable bonds is 7. The largest absolute Gasteiger partial charge is 0.462 e. The Bertz CT molecular complexity index is 4610. The molecule has 0 aliphatic carbocycles. The third kappa shape index (κ3) is 6.59. The molecule has 0 fully saturated rings. The van der Waals surface area contributed by atoms with E-state index in [-0.39, 0.29) is 33.4 Å². The van der Waals surface area contributed by atoms with E-state index in [2.05, 4.69) is 55.9 Å². The van der Waals surface area contributed by atoms with E-state index in [4.69, 9.17) is 27.4 Å². The summed E-state index contributed by atoms with van der Waals surface area (Å²) in [6.07, 6.45) is 5.42. The molecule has 12 aromatic rings. The molecule has 0 unspecified atom stereocenters. The second-order valence-corrected chi connectivity index (χ2v) is 18.9. The summed E-state index contributed by atoms with van der Waals surface area (Å²) in [6.45, 7) is 6.12. The third-order valence-electron chi connectivity index (χ3n) is 13.7. The molecule has 3 aromatic heterocycles. The van der Waals surface area contributed by atoms with Crippen molar-refractivity contribution in [1.82, 2.24) is 14.1 Å². The first kappa shape index (κ1) is 32.6. The van der Waals surface area contributed by atoms with Gasteiger partial charge in [0, 0.05) is 34.6 Å². The minimum atomic E-state index is -0.589. The maximum absolute atomic E-state index is 9.24. The first-order valence-electron chi connectivity index (χ1n) is 28.7. The van der Waals surface area contributed by atoms with Crippen LogP contribution in [0.25, 0.3) is 72.3 Å². The minimum absolute atomic E-state index is 0.115. The summed E-state index contributed by atoms with van der Waals surface area (Å²) in [5.41, 5.74) is 6.84. The van der Waals surface area contributed by atoms with Crippen LogP contribution >= 0.6 is 0 Å². The van der Waals surface area contributed by atoms with Crippen molar-refractivity contribution in [2.45, 2.75) is 26.2 Å². The second kappa shape index (κ2) is 16.2. The zero-order valence-corrected chi connectivity index (χ0v) is 39.1. The van der Waals surface area contributed by atoms with Crippen molar-refractivity contribution in [2.24, 2.45) is 0 Å². The van der Waals surface area contributed by atoms with Gasteiger partial charge in [-0.05, 0) is 86.6 Å². The number of hydrogen-bond donors (Lipinski definition) is 0. The fourth-order valence-corrected chi connectivity index (χ4v) is 10.4. The molecule has 2 aliphatic heterocycles. The molecule has 0 bridgehead atoms. The van der Waals surface area contributed by atoms with Crippen LogP contribution in [0.5, 0.6) is 34.5 Å². The van der Waals surface area contributed by atoms with E-state index in [9.17, 15) is 5.48 Å². The van der Waals surface area contributed by atoms with Gasteiger partial charge in [0.15, 0.2) is 11.5 Å². The van der Waals surface area contributed by atoms with Gasteiger partial charge in [-0.2, -0.15) is 0 Å². The number of imidazole rings is 1. The molecule has 0 spiro atoms. The monoisotopic (exact) mass is 938 g/mol. The average molecular weight is 939 g/mol. The maximum Gasteiger partial charge on any atom is 0.270 e. The van der Waals surface area contributed by atoms with E-state index in [1.54, 1.807) is 27.3 Å². The number of para-hydroxylation sites is 6. The molecule has 0 amide bonds. The van der Waals surface area contributed by atoms with Gasteiger partial charge in [-0.15, -0.1) is 0 Å². The molecule has 8 heteroatoms. The number of nitrogens with zero attached hydrogens (tertiary/aromatic N) is 4. The summed E-state index contributed by atoms with van der Waals surface area (Å²) in [4.78, 5) is 4.91. The summed E-state index contributed by atoms with van der Waals surface area (Å²) in [5.74, 6) is 3.69. The van der Waals surface area contributed by atoms with Gasteiger partial charge in [-0.25, -0.2) is 4.98 Å². The molecule has 0 atom stereocenters. The predicted octanol–water partition coefficient (Wildman–Crippen LogP) is 13.4. The molecule has 2 aliphatic rings. The summed E-state index contributed by atoms with van der Waals surface area (Å²) < 4.78 is 116. The molecule has 0 N–H and O–H groups in total. The van der Waals surface area contributed by atoms with Crippen molar-refractivity contribution >= 4 is 55.9 Å². The zero-order valence-electron chi connectivity index (χ0n) is 49.1. The highest BCUT2D eigenvalue weighted by Crippen LogP contribution is 2.47. The van der Waals surface area contributed by atoms with Gasteiger partial charge in [-0.1, -0.05) is 178 Å². The third-order valence-corrected chi connectivity index (χ3v) is 13.7. The van der Waals surface area contributed by atoms with Crippen LogP contribution < -0.4 is 35.2 Å². The highest BCUT2D eigenvalue weighted by Gasteiger charge is 2.43. The zero-order chi connectivity index (χ0) is 56.8. The first-order valence-corrected chi connectivity index (χ1v) is 23.7. The molecule has 9 aromatic carbocycles. The number of aromatic nitrogens is 4. The number of pyridine rings is 1. The highest BCUT2D eigenvalue weighted by molar-refractivity contribution is 6.98. The Morgan fingerprint density at radius 1 is 0.611 bits per heavy atom. The minimum Gasteiger partial charge on any atom is -0.462 e. The van der Waals surface area contributed by atoms with Crippen molar-refractivity contribution in [3.63, 3.8) is 0 Å². The Kier molecular flexibility index (Phi) is 7.35. The van der Waals surface area contributed by atoms with Crippen molar-refractivity contribution in [3.05, 3.63) is 230 Å². The van der Waals surface area contributed by atoms with Crippen molar-refractivity contribution in [1.29, 1.82) is 0 Å². The molecule has 0 radical (unpaired) electrons. The van der Waals surface area contributed by atoms with Gasteiger partial charge in [0.25, 0.3) is 13.0 Å². The van der Waals surface area contributed by atoms with Crippen LogP contribution in [0.4, 0.5) is 0 Å². The highest BCUT2D eigenvalue weighted by atomic mass is 16.5. The fourth-order valence-electron chi connectivity index (χ4n) is 10.4. The lowest BCUT2D eigenvalue weighted by Crippen LogP contribution is -2.57. The van der Waals surface area contributed by atoms with Crippen molar-refractivity contribution in [2.75, 3.05) is 0 Å². The van der Waals surface area contributed by atoms with Crippen LogP contribution in [0.2, 0.25) is 0 Å². The van der Waals surface area contributed by atoms with E-state index in [1.807, 2.05) is 115 Å².